The van der Waals surface area contributed by atoms with Gasteiger partial charge in [0.15, 0.2) is 5.82 Å². The number of rotatable bonds is 4. The highest BCUT2D eigenvalue weighted by molar-refractivity contribution is 5.77. The summed E-state index contributed by atoms with van der Waals surface area (Å²) in [7, 11) is 0. The molecule has 1 N–H and O–H groups in total. The number of alkyl halides is 3. The summed E-state index contributed by atoms with van der Waals surface area (Å²) in [5.41, 5.74) is 1.20. The Morgan fingerprint density at radius 1 is 1.13 bits per heavy atom. The third-order valence-electron chi connectivity index (χ3n) is 4.93. The largest absolute Gasteiger partial charge is 0.490 e. The van der Waals surface area contributed by atoms with Crippen molar-refractivity contribution in [1.82, 2.24) is 24.6 Å². The van der Waals surface area contributed by atoms with Crippen LogP contribution in [0, 0.1) is 0 Å². The van der Waals surface area contributed by atoms with Gasteiger partial charge in [-0.05, 0) is 12.5 Å². The molecule has 1 amide bonds. The van der Waals surface area contributed by atoms with Crippen molar-refractivity contribution in [2.75, 3.05) is 19.6 Å². The van der Waals surface area contributed by atoms with Crippen molar-refractivity contribution >= 4 is 11.9 Å². The summed E-state index contributed by atoms with van der Waals surface area (Å²) in [6, 6.07) is 2.01. The van der Waals surface area contributed by atoms with Gasteiger partial charge in [0.05, 0.1) is 19.1 Å². The van der Waals surface area contributed by atoms with E-state index in [1.807, 2.05) is 11.0 Å². The van der Waals surface area contributed by atoms with Gasteiger partial charge < -0.3 is 19.0 Å². The molecule has 30 heavy (non-hydrogen) atoms. The maximum atomic E-state index is 11.8. The van der Waals surface area contributed by atoms with Gasteiger partial charge in [-0.25, -0.2) is 4.79 Å². The van der Waals surface area contributed by atoms with E-state index in [0.717, 1.165) is 57.2 Å². The molecule has 2 aliphatic heterocycles. The molecule has 1 saturated heterocycles. The molecule has 0 unspecified atom stereocenters. The Labute approximate surface area is 170 Å². The highest BCUT2D eigenvalue weighted by Gasteiger charge is 2.38. The van der Waals surface area contributed by atoms with Gasteiger partial charge in [-0.15, -0.1) is 10.2 Å². The summed E-state index contributed by atoms with van der Waals surface area (Å²) in [6.07, 6.45) is 0.944. The Bertz CT molecular complexity index is 866. The van der Waals surface area contributed by atoms with Crippen molar-refractivity contribution < 1.29 is 32.3 Å². The minimum atomic E-state index is -5.08. The Hall–Kier alpha value is -2.89. The van der Waals surface area contributed by atoms with Crippen molar-refractivity contribution in [3.05, 3.63) is 35.8 Å². The van der Waals surface area contributed by atoms with E-state index < -0.39 is 12.1 Å². The smallest absolute Gasteiger partial charge is 0.475 e. The Morgan fingerprint density at radius 2 is 1.90 bits per heavy atom. The SMILES string of the molecule is O=C(O)C(F)(F)F.O=C1CCCN1Cc1nnc2n1CCN(Cc1ccoc1)CC2. The van der Waals surface area contributed by atoms with Crippen LogP contribution in [0.5, 0.6) is 0 Å². The fraction of sp³-hybridized carbons (Fsp3) is 0.556. The summed E-state index contributed by atoms with van der Waals surface area (Å²) >= 11 is 0. The van der Waals surface area contributed by atoms with Crippen LogP contribution < -0.4 is 0 Å². The lowest BCUT2D eigenvalue weighted by atomic mass is 10.3. The Morgan fingerprint density at radius 3 is 2.50 bits per heavy atom. The van der Waals surface area contributed by atoms with Gasteiger partial charge in [-0.3, -0.25) is 9.69 Å². The second-order valence-electron chi connectivity index (χ2n) is 7.06. The molecule has 12 heteroatoms. The first kappa shape index (κ1) is 21.8. The van der Waals surface area contributed by atoms with Crippen LogP contribution in [0.3, 0.4) is 0 Å². The highest BCUT2D eigenvalue weighted by Crippen LogP contribution is 2.17. The average molecular weight is 429 g/mol. The number of hydrogen-bond acceptors (Lipinski definition) is 6. The Balaban J connectivity index is 0.000000318. The van der Waals surface area contributed by atoms with Crippen molar-refractivity contribution in [1.29, 1.82) is 0 Å². The summed E-state index contributed by atoms with van der Waals surface area (Å²) in [5, 5.41) is 15.8. The lowest BCUT2D eigenvalue weighted by molar-refractivity contribution is -0.192. The molecule has 9 nitrogen and oxygen atoms in total. The van der Waals surface area contributed by atoms with Gasteiger partial charge in [0.1, 0.15) is 5.82 Å². The highest BCUT2D eigenvalue weighted by atomic mass is 19.4. The van der Waals surface area contributed by atoms with Crippen molar-refractivity contribution in [3.8, 4) is 0 Å². The zero-order valence-corrected chi connectivity index (χ0v) is 16.1. The number of carbonyl (C=O) groups excluding carboxylic acids is 1. The summed E-state index contributed by atoms with van der Waals surface area (Å²) in [6.45, 7) is 5.12. The number of fused-ring (bicyclic) bond motifs is 1. The minimum Gasteiger partial charge on any atom is -0.475 e. The molecule has 1 fully saturated rings. The molecule has 0 aliphatic carbocycles. The molecule has 164 valence electrons. The van der Waals surface area contributed by atoms with E-state index in [0.29, 0.717) is 13.0 Å². The molecular weight excluding hydrogens is 407 g/mol. The number of nitrogens with zero attached hydrogens (tertiary/aromatic N) is 5. The zero-order chi connectivity index (χ0) is 21.7. The number of halogens is 3. The molecule has 0 bridgehead atoms. The number of carbonyl (C=O) groups is 2. The molecule has 2 aliphatic rings. The number of carboxylic acid groups (broad SMARTS) is 1. The molecule has 0 aromatic carbocycles. The third-order valence-corrected chi connectivity index (χ3v) is 4.93. The zero-order valence-electron chi connectivity index (χ0n) is 16.1. The summed E-state index contributed by atoms with van der Waals surface area (Å²) < 4.78 is 39.1. The topological polar surface area (TPSA) is 105 Å². The Kier molecular flexibility index (Phi) is 6.75. The van der Waals surface area contributed by atoms with Crippen LogP contribution in [-0.4, -0.2) is 67.4 Å². The van der Waals surface area contributed by atoms with E-state index in [9.17, 15) is 18.0 Å². The molecule has 4 heterocycles. The van der Waals surface area contributed by atoms with E-state index >= 15 is 0 Å². The van der Waals surface area contributed by atoms with Crippen molar-refractivity contribution in [2.45, 2.75) is 45.1 Å². The number of furan rings is 1. The molecule has 4 rings (SSSR count). The number of likely N-dealkylation sites (tertiary alicyclic amines) is 1. The molecule has 0 radical (unpaired) electrons. The lowest BCUT2D eigenvalue weighted by Gasteiger charge is -2.19. The molecule has 2 aromatic rings. The van der Waals surface area contributed by atoms with Gasteiger partial charge in [-0.1, -0.05) is 0 Å². The summed E-state index contributed by atoms with van der Waals surface area (Å²) in [4.78, 5) is 25.0. The number of amides is 1. The van der Waals surface area contributed by atoms with Gasteiger partial charge in [-0.2, -0.15) is 13.2 Å². The van der Waals surface area contributed by atoms with Gasteiger partial charge in [0.25, 0.3) is 0 Å². The second kappa shape index (κ2) is 9.28. The number of aliphatic carboxylic acids is 1. The molecular formula is C18H22F3N5O4. The average Bonchev–Trinajstić information content (AvgIpc) is 3.38. The second-order valence-corrected chi connectivity index (χ2v) is 7.06. The van der Waals surface area contributed by atoms with Crippen molar-refractivity contribution in [2.24, 2.45) is 0 Å². The monoisotopic (exact) mass is 429 g/mol. The molecule has 2 aromatic heterocycles. The predicted molar refractivity (Wildman–Crippen MR) is 96.1 cm³/mol. The van der Waals surface area contributed by atoms with Crippen LogP contribution in [0.15, 0.2) is 23.0 Å². The first-order valence-corrected chi connectivity index (χ1v) is 9.46. The molecule has 0 spiro atoms. The fourth-order valence-electron chi connectivity index (χ4n) is 3.38. The maximum Gasteiger partial charge on any atom is 0.490 e. The van der Waals surface area contributed by atoms with Crippen LogP contribution in [-0.2, 0) is 35.6 Å². The van der Waals surface area contributed by atoms with E-state index in [1.54, 1.807) is 12.5 Å². The standard InChI is InChI=1S/C16H21N5O2.C2HF3O2/c22-16-2-1-5-20(16)11-15-18-17-14-3-6-19(7-8-21(14)15)10-13-4-9-23-12-13;3-2(4,5)1(6)7/h4,9,12H,1-3,5-8,10-11H2;(H,6,7). The van der Waals surface area contributed by atoms with Crippen LogP contribution in [0.25, 0.3) is 0 Å². The van der Waals surface area contributed by atoms with Crippen LogP contribution in [0.2, 0.25) is 0 Å². The van der Waals surface area contributed by atoms with E-state index in [4.69, 9.17) is 14.3 Å². The van der Waals surface area contributed by atoms with Crippen molar-refractivity contribution in [3.63, 3.8) is 0 Å². The van der Waals surface area contributed by atoms with Crippen LogP contribution >= 0.6 is 0 Å². The molecule has 0 saturated carbocycles. The van der Waals surface area contributed by atoms with E-state index in [2.05, 4.69) is 19.7 Å². The number of carboxylic acids is 1. The predicted octanol–water partition coefficient (Wildman–Crippen LogP) is 1.69. The lowest BCUT2D eigenvalue weighted by Crippen LogP contribution is -2.28. The summed E-state index contributed by atoms with van der Waals surface area (Å²) in [5.74, 6) is -0.577. The van der Waals surface area contributed by atoms with Gasteiger partial charge in [0.2, 0.25) is 5.91 Å². The first-order chi connectivity index (χ1) is 14.2. The molecule has 0 atom stereocenters. The minimum absolute atomic E-state index is 0.234. The normalized spacial score (nSPS) is 17.3. The first-order valence-electron chi connectivity index (χ1n) is 9.46. The van der Waals surface area contributed by atoms with Gasteiger partial charge >= 0.3 is 12.1 Å². The number of hydrogen-bond donors (Lipinski definition) is 1. The van der Waals surface area contributed by atoms with E-state index in [1.165, 1.54) is 5.56 Å². The van der Waals surface area contributed by atoms with Gasteiger partial charge in [0, 0.05) is 51.1 Å². The quantitative estimate of drug-likeness (QED) is 0.789. The maximum absolute atomic E-state index is 11.8. The van der Waals surface area contributed by atoms with E-state index in [-0.39, 0.29) is 5.91 Å². The number of aromatic nitrogens is 3. The fourth-order valence-corrected chi connectivity index (χ4v) is 3.38. The third kappa shape index (κ3) is 5.59. The van der Waals surface area contributed by atoms with Crippen LogP contribution in [0.1, 0.15) is 30.1 Å². The van der Waals surface area contributed by atoms with Crippen LogP contribution in [0.4, 0.5) is 13.2 Å².